The highest BCUT2D eigenvalue weighted by molar-refractivity contribution is 5.68. The van der Waals surface area contributed by atoms with Crippen LogP contribution in [0.25, 0.3) is 0 Å². The number of amides is 1. The Morgan fingerprint density at radius 1 is 1.52 bits per heavy atom. The van der Waals surface area contributed by atoms with Crippen molar-refractivity contribution in [3.63, 3.8) is 0 Å². The van der Waals surface area contributed by atoms with Gasteiger partial charge in [0.1, 0.15) is 5.60 Å². The lowest BCUT2D eigenvalue weighted by Gasteiger charge is -2.25. The van der Waals surface area contributed by atoms with E-state index in [2.05, 4.69) is 12.0 Å². The summed E-state index contributed by atoms with van der Waals surface area (Å²) in [5.74, 6) is 0.0856. The molecular formula is C17H29N3O3. The Hall–Kier alpha value is -1.56. The quantitative estimate of drug-likeness (QED) is 0.922. The summed E-state index contributed by atoms with van der Waals surface area (Å²) in [5.41, 5.74) is 1.58. The second kappa shape index (κ2) is 6.91. The van der Waals surface area contributed by atoms with E-state index in [-0.39, 0.29) is 12.0 Å². The summed E-state index contributed by atoms with van der Waals surface area (Å²) in [6.07, 6.45) is 1.50. The van der Waals surface area contributed by atoms with E-state index in [1.165, 1.54) is 0 Å². The van der Waals surface area contributed by atoms with Crippen molar-refractivity contribution in [2.75, 3.05) is 13.1 Å². The van der Waals surface area contributed by atoms with Crippen molar-refractivity contribution < 1.29 is 14.6 Å². The van der Waals surface area contributed by atoms with Crippen LogP contribution in [0.5, 0.6) is 0 Å². The van der Waals surface area contributed by atoms with Gasteiger partial charge in [-0.3, -0.25) is 4.68 Å². The molecule has 0 aromatic carbocycles. The molecule has 2 heterocycles. The first-order valence-electron chi connectivity index (χ1n) is 8.37. The number of aliphatic hydroxyl groups is 1. The number of aryl methyl sites for hydroxylation is 2. The molecule has 0 saturated carbocycles. The smallest absolute Gasteiger partial charge is 0.410 e. The van der Waals surface area contributed by atoms with Gasteiger partial charge in [-0.1, -0.05) is 6.92 Å². The van der Waals surface area contributed by atoms with Crippen LogP contribution in [0.3, 0.4) is 0 Å². The fraction of sp³-hybridized carbons (Fsp3) is 0.765. The molecule has 2 rings (SSSR count). The molecule has 1 fully saturated rings. The lowest BCUT2D eigenvalue weighted by molar-refractivity contribution is 0.0268. The topological polar surface area (TPSA) is 67.6 Å². The van der Waals surface area contributed by atoms with Gasteiger partial charge in [-0.25, -0.2) is 4.79 Å². The molecule has 2 atom stereocenters. The molecule has 0 radical (unpaired) electrons. The van der Waals surface area contributed by atoms with Crippen molar-refractivity contribution in [3.05, 3.63) is 17.5 Å². The Labute approximate surface area is 138 Å². The van der Waals surface area contributed by atoms with Crippen LogP contribution >= 0.6 is 0 Å². The van der Waals surface area contributed by atoms with Crippen LogP contribution in [0, 0.1) is 5.92 Å². The minimum Gasteiger partial charge on any atom is -0.444 e. The number of carbonyl (C=O) groups excluding carboxylic acids is 1. The summed E-state index contributed by atoms with van der Waals surface area (Å²) in [7, 11) is 1.91. The third kappa shape index (κ3) is 4.70. The monoisotopic (exact) mass is 323 g/mol. The minimum atomic E-state index is -0.487. The maximum Gasteiger partial charge on any atom is 0.410 e. The Morgan fingerprint density at radius 2 is 2.22 bits per heavy atom. The highest BCUT2D eigenvalue weighted by Crippen LogP contribution is 2.24. The molecule has 1 aromatic rings. The molecule has 6 heteroatoms. The van der Waals surface area contributed by atoms with Crippen LogP contribution in [0.4, 0.5) is 4.79 Å². The molecular weight excluding hydrogens is 294 g/mol. The standard InChI is InChI=1S/C17H29N3O3/c1-6-13-9-14(19(5)18-13)10-15(21)12-7-8-20(11-12)16(22)23-17(2,3)4/h9,12,15,21H,6-8,10-11H2,1-5H3. The molecule has 0 spiro atoms. The summed E-state index contributed by atoms with van der Waals surface area (Å²) < 4.78 is 7.23. The van der Waals surface area contributed by atoms with Crippen molar-refractivity contribution in [3.8, 4) is 0 Å². The zero-order chi connectivity index (χ0) is 17.2. The zero-order valence-corrected chi connectivity index (χ0v) is 14.9. The normalized spacial score (nSPS) is 19.9. The minimum absolute atomic E-state index is 0.0856. The van der Waals surface area contributed by atoms with Crippen molar-refractivity contribution in [2.24, 2.45) is 13.0 Å². The average Bonchev–Trinajstić information content (AvgIpc) is 3.04. The van der Waals surface area contributed by atoms with Gasteiger partial charge in [0.05, 0.1) is 11.8 Å². The molecule has 0 aliphatic carbocycles. The summed E-state index contributed by atoms with van der Waals surface area (Å²) in [6.45, 7) is 8.85. The van der Waals surface area contributed by atoms with Crippen molar-refractivity contribution in [1.29, 1.82) is 0 Å². The van der Waals surface area contributed by atoms with Gasteiger partial charge < -0.3 is 14.7 Å². The fourth-order valence-corrected chi connectivity index (χ4v) is 2.91. The van der Waals surface area contributed by atoms with Gasteiger partial charge >= 0.3 is 6.09 Å². The van der Waals surface area contributed by atoms with E-state index < -0.39 is 11.7 Å². The van der Waals surface area contributed by atoms with Crippen LogP contribution < -0.4 is 0 Å². The number of hydrogen-bond donors (Lipinski definition) is 1. The van der Waals surface area contributed by atoms with Gasteiger partial charge in [0, 0.05) is 38.2 Å². The first-order valence-corrected chi connectivity index (χ1v) is 8.37. The molecule has 130 valence electrons. The van der Waals surface area contributed by atoms with Gasteiger partial charge in [-0.15, -0.1) is 0 Å². The summed E-state index contributed by atoms with van der Waals surface area (Å²) >= 11 is 0. The van der Waals surface area contributed by atoms with E-state index in [0.717, 1.165) is 24.2 Å². The number of hydrogen-bond acceptors (Lipinski definition) is 4. The number of aromatic nitrogens is 2. The molecule has 23 heavy (non-hydrogen) atoms. The maximum absolute atomic E-state index is 12.1. The number of ether oxygens (including phenoxy) is 1. The lowest BCUT2D eigenvalue weighted by atomic mass is 9.97. The Morgan fingerprint density at radius 3 is 2.78 bits per heavy atom. The van der Waals surface area contributed by atoms with Crippen molar-refractivity contribution in [2.45, 2.75) is 58.7 Å². The van der Waals surface area contributed by atoms with E-state index in [1.54, 1.807) is 4.90 Å². The van der Waals surface area contributed by atoms with E-state index in [4.69, 9.17) is 4.74 Å². The third-order valence-corrected chi connectivity index (χ3v) is 4.23. The molecule has 1 aromatic heterocycles. The number of likely N-dealkylation sites (tertiary alicyclic amines) is 1. The maximum atomic E-state index is 12.1. The second-order valence-electron chi connectivity index (χ2n) is 7.35. The predicted octanol–water partition coefficient (Wildman–Crippen LogP) is 2.14. The predicted molar refractivity (Wildman–Crippen MR) is 88.2 cm³/mol. The SMILES string of the molecule is CCc1cc(CC(O)C2CCN(C(=O)OC(C)(C)C)C2)n(C)n1. The summed E-state index contributed by atoms with van der Waals surface area (Å²) in [6, 6.07) is 2.05. The highest BCUT2D eigenvalue weighted by atomic mass is 16.6. The summed E-state index contributed by atoms with van der Waals surface area (Å²) in [5, 5.41) is 14.9. The number of carbonyl (C=O) groups is 1. The van der Waals surface area contributed by atoms with Gasteiger partial charge in [0.2, 0.25) is 0 Å². The molecule has 0 bridgehead atoms. The lowest BCUT2D eigenvalue weighted by Crippen LogP contribution is -2.36. The molecule has 1 N–H and O–H groups in total. The molecule has 1 amide bonds. The number of nitrogens with zero attached hydrogens (tertiary/aromatic N) is 3. The largest absolute Gasteiger partial charge is 0.444 e. The van der Waals surface area contributed by atoms with E-state index in [0.29, 0.717) is 19.5 Å². The third-order valence-electron chi connectivity index (χ3n) is 4.23. The van der Waals surface area contributed by atoms with Crippen LogP contribution in [-0.4, -0.2) is 50.7 Å². The van der Waals surface area contributed by atoms with Crippen LogP contribution in [0.15, 0.2) is 6.07 Å². The molecule has 2 unspecified atom stereocenters. The summed E-state index contributed by atoms with van der Waals surface area (Å²) in [4.78, 5) is 13.8. The molecule has 6 nitrogen and oxygen atoms in total. The second-order valence-corrected chi connectivity index (χ2v) is 7.35. The van der Waals surface area contributed by atoms with Crippen molar-refractivity contribution >= 4 is 6.09 Å². The van der Waals surface area contributed by atoms with Gasteiger partial charge in [0.25, 0.3) is 0 Å². The number of aliphatic hydroxyl groups excluding tert-OH is 1. The zero-order valence-electron chi connectivity index (χ0n) is 14.9. The average molecular weight is 323 g/mol. The van der Waals surface area contributed by atoms with Crippen LogP contribution in [-0.2, 0) is 24.6 Å². The van der Waals surface area contributed by atoms with Crippen LogP contribution in [0.1, 0.15) is 45.5 Å². The van der Waals surface area contributed by atoms with Gasteiger partial charge in [-0.2, -0.15) is 5.10 Å². The van der Waals surface area contributed by atoms with Gasteiger partial charge in [0.15, 0.2) is 0 Å². The van der Waals surface area contributed by atoms with E-state index in [1.807, 2.05) is 38.6 Å². The number of rotatable bonds is 4. The molecule has 1 aliphatic heterocycles. The first-order chi connectivity index (χ1) is 10.7. The van der Waals surface area contributed by atoms with E-state index >= 15 is 0 Å². The molecule has 1 saturated heterocycles. The van der Waals surface area contributed by atoms with E-state index in [9.17, 15) is 9.90 Å². The van der Waals surface area contributed by atoms with Crippen molar-refractivity contribution in [1.82, 2.24) is 14.7 Å². The first kappa shape index (κ1) is 17.8. The van der Waals surface area contributed by atoms with Crippen LogP contribution in [0.2, 0.25) is 0 Å². The fourth-order valence-electron chi connectivity index (χ4n) is 2.91. The Bertz CT molecular complexity index is 548. The Balaban J connectivity index is 1.90. The highest BCUT2D eigenvalue weighted by Gasteiger charge is 2.33. The Kier molecular flexibility index (Phi) is 5.34. The molecule has 1 aliphatic rings. The van der Waals surface area contributed by atoms with Gasteiger partial charge in [-0.05, 0) is 39.7 Å².